The third-order valence-corrected chi connectivity index (χ3v) is 6.21. The van der Waals surface area contributed by atoms with Gasteiger partial charge in [-0.2, -0.15) is 0 Å². The normalized spacial score (nSPS) is 25.7. The summed E-state index contributed by atoms with van der Waals surface area (Å²) in [6, 6.07) is 0. The van der Waals surface area contributed by atoms with Gasteiger partial charge in [0.2, 0.25) is 5.91 Å². The molecule has 0 unspecified atom stereocenters. The summed E-state index contributed by atoms with van der Waals surface area (Å²) in [6.07, 6.45) is -2.39. The number of nitrogens with one attached hydrogen (secondary N) is 1. The second-order valence-corrected chi connectivity index (χ2v) is 10.3. The Morgan fingerprint density at radius 1 is 1.11 bits per heavy atom. The molecule has 0 bridgehead atoms. The van der Waals surface area contributed by atoms with Crippen molar-refractivity contribution in [1.29, 1.82) is 0 Å². The molecule has 0 aromatic heterocycles. The zero-order chi connectivity index (χ0) is 26.4. The quantitative estimate of drug-likeness (QED) is 0.206. The van der Waals surface area contributed by atoms with Crippen molar-refractivity contribution >= 4 is 17.8 Å². The highest BCUT2D eigenvalue weighted by Crippen LogP contribution is 2.24. The molecule has 200 valence electrons. The Bertz CT molecular complexity index is 806. The van der Waals surface area contributed by atoms with Gasteiger partial charge in [0.1, 0.15) is 12.2 Å². The molecule has 2 aliphatic rings. The fourth-order valence-corrected chi connectivity index (χ4v) is 3.79. The zero-order valence-corrected chi connectivity index (χ0v) is 21.2. The summed E-state index contributed by atoms with van der Waals surface area (Å²) in [5.41, 5.74) is -0.585. The van der Waals surface area contributed by atoms with Crippen molar-refractivity contribution in [1.82, 2.24) is 5.32 Å². The number of esters is 2. The van der Waals surface area contributed by atoms with Crippen LogP contribution in [0.25, 0.3) is 0 Å². The molecule has 35 heavy (non-hydrogen) atoms. The fraction of sp³-hybridized carbons (Fsp3) is 0.792. The molecular weight excluding hydrogens is 462 g/mol. The molecule has 1 fully saturated rings. The topological polar surface area (TPSA) is 161 Å². The van der Waals surface area contributed by atoms with Gasteiger partial charge in [0.15, 0.2) is 6.29 Å². The highest BCUT2D eigenvalue weighted by atomic mass is 16.7. The Morgan fingerprint density at radius 2 is 1.80 bits per heavy atom. The maximum atomic E-state index is 12.4. The van der Waals surface area contributed by atoms with E-state index < -0.39 is 54.3 Å². The van der Waals surface area contributed by atoms with E-state index >= 15 is 0 Å². The van der Waals surface area contributed by atoms with E-state index in [1.165, 1.54) is 6.92 Å². The number of carbonyl (C=O) groups excluding carboxylic acids is 3. The largest absolute Gasteiger partial charge is 0.394 e. The van der Waals surface area contributed by atoms with Gasteiger partial charge in [-0.15, -0.1) is 0 Å². The minimum Gasteiger partial charge on any atom is -0.394 e. The fourth-order valence-electron chi connectivity index (χ4n) is 3.79. The lowest BCUT2D eigenvalue weighted by Crippen LogP contribution is -2.50. The maximum absolute atomic E-state index is 12.4. The first-order valence-electron chi connectivity index (χ1n) is 11.9. The van der Waals surface area contributed by atoms with Gasteiger partial charge in [0, 0.05) is 36.1 Å². The molecule has 11 nitrogen and oxygen atoms in total. The second-order valence-electron chi connectivity index (χ2n) is 10.3. The van der Waals surface area contributed by atoms with Gasteiger partial charge in [-0.25, -0.2) is 9.59 Å². The zero-order valence-electron chi connectivity index (χ0n) is 21.2. The third-order valence-electron chi connectivity index (χ3n) is 6.21. The summed E-state index contributed by atoms with van der Waals surface area (Å²) in [7, 11) is 0. The van der Waals surface area contributed by atoms with Crippen LogP contribution in [0.4, 0.5) is 0 Å². The second kappa shape index (κ2) is 12.4. The molecule has 0 aromatic carbocycles. The Labute approximate surface area is 205 Å². The Hall–Kier alpha value is -1.89. The lowest BCUT2D eigenvalue weighted by Gasteiger charge is -2.36. The maximum Gasteiger partial charge on any atom is 0.342 e. The number of carbonyl (C=O) groups is 3. The van der Waals surface area contributed by atoms with E-state index in [0.717, 1.165) is 0 Å². The van der Waals surface area contributed by atoms with Crippen molar-refractivity contribution in [2.45, 2.75) is 102 Å². The van der Waals surface area contributed by atoms with Crippen LogP contribution in [0.5, 0.6) is 0 Å². The lowest BCUT2D eigenvalue weighted by atomic mass is 9.99. The van der Waals surface area contributed by atoms with E-state index in [1.807, 2.05) is 27.7 Å². The standard InChI is InChI=1S/C24H39NO10/c1-14-15(22(31)35-21(14)30)6-7-18(28)25-23(2,3)8-11-33-24(4,5)9-10-32-19-12-16(27)20(29)17(13-26)34-19/h16-17,19-20,26-27,29H,6-13H2,1-5H3,(H,25,28)/t16-,17-,19-,20-/m0/s1. The van der Waals surface area contributed by atoms with Gasteiger partial charge in [-0.1, -0.05) is 0 Å². The molecule has 0 spiro atoms. The average Bonchev–Trinajstić information content (AvgIpc) is 2.99. The van der Waals surface area contributed by atoms with Gasteiger partial charge in [0.05, 0.1) is 24.9 Å². The molecule has 11 heteroatoms. The summed E-state index contributed by atoms with van der Waals surface area (Å²) >= 11 is 0. The Morgan fingerprint density at radius 3 is 2.40 bits per heavy atom. The van der Waals surface area contributed by atoms with E-state index in [-0.39, 0.29) is 36.3 Å². The van der Waals surface area contributed by atoms with Crippen molar-refractivity contribution in [2.75, 3.05) is 19.8 Å². The minimum absolute atomic E-state index is 0.0638. The molecule has 2 rings (SSSR count). The van der Waals surface area contributed by atoms with Crippen molar-refractivity contribution < 1.29 is 48.7 Å². The molecule has 1 saturated heterocycles. The molecule has 0 aliphatic carbocycles. The molecule has 0 radical (unpaired) electrons. The Kier molecular flexibility index (Phi) is 10.4. The van der Waals surface area contributed by atoms with Crippen LogP contribution in [-0.4, -0.2) is 88.7 Å². The Balaban J connectivity index is 1.68. The third kappa shape index (κ3) is 8.93. The van der Waals surface area contributed by atoms with E-state index in [1.54, 1.807) is 0 Å². The smallest absolute Gasteiger partial charge is 0.342 e. The van der Waals surface area contributed by atoms with Crippen LogP contribution in [-0.2, 0) is 33.3 Å². The van der Waals surface area contributed by atoms with Crippen molar-refractivity contribution in [3.05, 3.63) is 11.1 Å². The monoisotopic (exact) mass is 501 g/mol. The average molecular weight is 502 g/mol. The molecule has 4 N–H and O–H groups in total. The number of hydrogen-bond acceptors (Lipinski definition) is 10. The predicted molar refractivity (Wildman–Crippen MR) is 123 cm³/mol. The van der Waals surface area contributed by atoms with E-state index in [9.17, 15) is 29.7 Å². The van der Waals surface area contributed by atoms with Gasteiger partial charge in [-0.05, 0) is 53.9 Å². The van der Waals surface area contributed by atoms with Crippen LogP contribution in [0.15, 0.2) is 11.1 Å². The molecule has 1 amide bonds. The molecule has 0 saturated carbocycles. The number of aliphatic hydroxyl groups excluding tert-OH is 3. The number of cyclic esters (lactones) is 2. The number of rotatable bonds is 13. The van der Waals surface area contributed by atoms with Gasteiger partial charge >= 0.3 is 11.9 Å². The van der Waals surface area contributed by atoms with E-state index in [2.05, 4.69) is 10.1 Å². The molecule has 4 atom stereocenters. The number of aliphatic hydroxyl groups is 3. The molecule has 0 aromatic rings. The van der Waals surface area contributed by atoms with E-state index in [0.29, 0.717) is 26.1 Å². The number of hydrogen-bond donors (Lipinski definition) is 4. The van der Waals surface area contributed by atoms with Crippen LogP contribution < -0.4 is 5.32 Å². The van der Waals surface area contributed by atoms with Gasteiger partial charge < -0.3 is 39.6 Å². The first-order valence-corrected chi connectivity index (χ1v) is 11.9. The summed E-state index contributed by atoms with van der Waals surface area (Å²) < 4.78 is 21.6. The first-order chi connectivity index (χ1) is 16.2. The summed E-state index contributed by atoms with van der Waals surface area (Å²) in [5.74, 6) is -1.58. The van der Waals surface area contributed by atoms with Crippen molar-refractivity contribution in [3.63, 3.8) is 0 Å². The summed E-state index contributed by atoms with van der Waals surface area (Å²) in [4.78, 5) is 35.4. The predicted octanol–water partition coefficient (Wildman–Crippen LogP) is 0.482. The summed E-state index contributed by atoms with van der Waals surface area (Å²) in [5, 5.41) is 31.8. The van der Waals surface area contributed by atoms with Crippen molar-refractivity contribution in [2.24, 2.45) is 0 Å². The molecule has 2 aliphatic heterocycles. The van der Waals surface area contributed by atoms with Crippen molar-refractivity contribution in [3.8, 4) is 0 Å². The summed E-state index contributed by atoms with van der Waals surface area (Å²) in [6.45, 7) is 9.34. The van der Waals surface area contributed by atoms with Crippen LogP contribution >= 0.6 is 0 Å². The minimum atomic E-state index is -1.15. The van der Waals surface area contributed by atoms with Crippen LogP contribution in [0.1, 0.15) is 66.7 Å². The highest BCUT2D eigenvalue weighted by Gasteiger charge is 2.37. The lowest BCUT2D eigenvalue weighted by molar-refractivity contribution is -0.259. The molecule has 2 heterocycles. The number of ether oxygens (including phenoxy) is 4. The van der Waals surface area contributed by atoms with Crippen LogP contribution in [0.3, 0.4) is 0 Å². The van der Waals surface area contributed by atoms with Crippen LogP contribution in [0, 0.1) is 0 Å². The van der Waals surface area contributed by atoms with E-state index in [4.69, 9.17) is 14.2 Å². The van der Waals surface area contributed by atoms with Gasteiger partial charge in [0.25, 0.3) is 0 Å². The number of amides is 1. The van der Waals surface area contributed by atoms with Gasteiger partial charge in [-0.3, -0.25) is 4.79 Å². The first kappa shape index (κ1) is 29.3. The van der Waals surface area contributed by atoms with Crippen LogP contribution in [0.2, 0.25) is 0 Å². The SMILES string of the molecule is CC1=C(CCC(=O)NC(C)(C)CCOC(C)(C)CCO[C@@H]2C[C@H](O)[C@H](O)[C@H](CO)O2)C(=O)OC1=O. The highest BCUT2D eigenvalue weighted by molar-refractivity contribution is 6.12. The molecular formula is C24H39NO10.